The Hall–Kier alpha value is -4.18. The van der Waals surface area contributed by atoms with Crippen LogP contribution in [0.1, 0.15) is 18.1 Å². The van der Waals surface area contributed by atoms with E-state index in [0.29, 0.717) is 39.8 Å². The summed E-state index contributed by atoms with van der Waals surface area (Å²) in [6, 6.07) is 19.6. The Balaban J connectivity index is 1.64. The van der Waals surface area contributed by atoms with E-state index in [1.807, 2.05) is 30.3 Å². The second kappa shape index (κ2) is 11.5. The molecule has 3 aromatic carbocycles. The topological polar surface area (TPSA) is 103 Å². The lowest BCUT2D eigenvalue weighted by molar-refractivity contribution is -0.116. The van der Waals surface area contributed by atoms with Crippen molar-refractivity contribution in [3.8, 4) is 23.0 Å². The van der Waals surface area contributed by atoms with E-state index in [1.165, 1.54) is 18.5 Å². The number of ether oxygens (including phenoxy) is 4. The fraction of sp³-hybridized carbons (Fsp3) is 0.250. The number of hydrogen-bond acceptors (Lipinski definition) is 7. The molecule has 1 amide bonds. The van der Waals surface area contributed by atoms with E-state index in [1.54, 1.807) is 50.4 Å². The van der Waals surface area contributed by atoms with Gasteiger partial charge in [0.05, 0.1) is 40.1 Å². The van der Waals surface area contributed by atoms with Gasteiger partial charge in [0.25, 0.3) is 15.9 Å². The second-order valence-electron chi connectivity index (χ2n) is 8.46. The van der Waals surface area contributed by atoms with Crippen LogP contribution in [-0.4, -0.2) is 48.8 Å². The monoisotopic (exact) mass is 538 g/mol. The first-order valence-corrected chi connectivity index (χ1v) is 13.3. The van der Waals surface area contributed by atoms with Crippen LogP contribution in [0.2, 0.25) is 0 Å². The molecule has 0 saturated carbocycles. The van der Waals surface area contributed by atoms with Crippen LogP contribution in [0.25, 0.3) is 5.57 Å². The number of fused-ring (bicyclic) bond motifs is 1. The minimum Gasteiger partial charge on any atom is -0.497 e. The van der Waals surface area contributed by atoms with E-state index in [-0.39, 0.29) is 24.6 Å². The first-order valence-electron chi connectivity index (χ1n) is 11.9. The smallest absolute Gasteiger partial charge is 0.270 e. The van der Waals surface area contributed by atoms with Gasteiger partial charge in [-0.25, -0.2) is 8.42 Å². The Morgan fingerprint density at radius 2 is 1.55 bits per heavy atom. The molecule has 1 heterocycles. The number of sulfonamides is 1. The highest BCUT2D eigenvalue weighted by Crippen LogP contribution is 2.45. The summed E-state index contributed by atoms with van der Waals surface area (Å²) in [5.41, 5.74) is 2.05. The summed E-state index contributed by atoms with van der Waals surface area (Å²) in [4.78, 5) is 13.0. The normalized spacial score (nSPS) is 13.9. The Morgan fingerprint density at radius 1 is 0.868 bits per heavy atom. The molecule has 200 valence electrons. The van der Waals surface area contributed by atoms with Crippen molar-refractivity contribution in [3.05, 3.63) is 82.8 Å². The molecule has 1 aliphatic rings. The Bertz CT molecular complexity index is 1450. The number of amides is 1. The summed E-state index contributed by atoms with van der Waals surface area (Å²) in [5, 5.41) is 2.69. The van der Waals surface area contributed by atoms with Gasteiger partial charge in [-0.3, -0.25) is 9.10 Å². The lowest BCUT2D eigenvalue weighted by Gasteiger charge is -2.33. The minimum absolute atomic E-state index is 0.0364. The zero-order chi connectivity index (χ0) is 27.3. The summed E-state index contributed by atoms with van der Waals surface area (Å²) >= 11 is 0. The highest BCUT2D eigenvalue weighted by Gasteiger charge is 2.40. The third kappa shape index (κ3) is 5.40. The molecular formula is C28H30N2O7S. The van der Waals surface area contributed by atoms with Crippen LogP contribution < -0.4 is 28.6 Å². The van der Waals surface area contributed by atoms with Crippen molar-refractivity contribution in [2.75, 3.05) is 38.8 Å². The van der Waals surface area contributed by atoms with Crippen molar-refractivity contribution >= 4 is 27.2 Å². The molecule has 38 heavy (non-hydrogen) atoms. The molecule has 10 heteroatoms. The number of nitrogens with zero attached hydrogens (tertiary/aromatic N) is 1. The average Bonchev–Trinajstić information content (AvgIpc) is 2.93. The van der Waals surface area contributed by atoms with E-state index < -0.39 is 15.9 Å². The quantitative estimate of drug-likeness (QED) is 0.390. The van der Waals surface area contributed by atoms with Crippen LogP contribution in [0, 0.1) is 0 Å². The van der Waals surface area contributed by atoms with Gasteiger partial charge in [-0.2, -0.15) is 0 Å². The van der Waals surface area contributed by atoms with Crippen molar-refractivity contribution in [1.82, 2.24) is 5.32 Å². The second-order valence-corrected chi connectivity index (χ2v) is 10.3. The van der Waals surface area contributed by atoms with E-state index in [9.17, 15) is 13.2 Å². The average molecular weight is 539 g/mol. The molecule has 0 unspecified atom stereocenters. The first-order chi connectivity index (χ1) is 18.3. The molecule has 0 spiro atoms. The summed E-state index contributed by atoms with van der Waals surface area (Å²) in [5.74, 6) is 1.31. The van der Waals surface area contributed by atoms with Crippen LogP contribution >= 0.6 is 0 Å². The van der Waals surface area contributed by atoms with Crippen LogP contribution in [-0.2, 0) is 21.4 Å². The maximum atomic E-state index is 13.9. The van der Waals surface area contributed by atoms with E-state index in [4.69, 9.17) is 18.9 Å². The van der Waals surface area contributed by atoms with Gasteiger partial charge in [0, 0.05) is 17.7 Å². The van der Waals surface area contributed by atoms with Gasteiger partial charge < -0.3 is 24.3 Å². The van der Waals surface area contributed by atoms with Crippen molar-refractivity contribution < 1.29 is 32.2 Å². The zero-order valence-corrected chi connectivity index (χ0v) is 22.5. The first kappa shape index (κ1) is 26.9. The number of carbonyl (C=O) groups excluding carboxylic acids is 1. The van der Waals surface area contributed by atoms with Crippen molar-refractivity contribution in [3.63, 3.8) is 0 Å². The van der Waals surface area contributed by atoms with Gasteiger partial charge in [0.15, 0.2) is 16.4 Å². The van der Waals surface area contributed by atoms with Gasteiger partial charge >= 0.3 is 0 Å². The lowest BCUT2D eigenvalue weighted by Crippen LogP contribution is -2.41. The number of rotatable bonds is 10. The van der Waals surface area contributed by atoms with Gasteiger partial charge in [-0.05, 0) is 36.3 Å². The highest BCUT2D eigenvalue weighted by atomic mass is 32.2. The molecule has 3 aromatic rings. The van der Waals surface area contributed by atoms with Gasteiger partial charge in [-0.1, -0.05) is 36.4 Å². The number of carbonyl (C=O) groups is 1. The molecule has 1 aliphatic heterocycles. The molecule has 9 nitrogen and oxygen atoms in total. The minimum atomic E-state index is -4.22. The summed E-state index contributed by atoms with van der Waals surface area (Å²) < 4.78 is 50.8. The molecule has 0 bridgehead atoms. The van der Waals surface area contributed by atoms with Gasteiger partial charge in [-0.15, -0.1) is 0 Å². The number of allylic oxidation sites excluding steroid dienone is 1. The molecule has 4 rings (SSSR count). The fourth-order valence-corrected chi connectivity index (χ4v) is 5.99. The maximum absolute atomic E-state index is 13.9. The summed E-state index contributed by atoms with van der Waals surface area (Å²) in [6.07, 6.45) is 0. The van der Waals surface area contributed by atoms with Gasteiger partial charge in [0.2, 0.25) is 0 Å². The van der Waals surface area contributed by atoms with Crippen LogP contribution in [0.4, 0.5) is 5.69 Å². The van der Waals surface area contributed by atoms with Crippen molar-refractivity contribution in [2.45, 2.75) is 13.5 Å². The molecule has 0 aliphatic carbocycles. The Morgan fingerprint density at radius 3 is 2.24 bits per heavy atom. The van der Waals surface area contributed by atoms with E-state index in [0.717, 1.165) is 5.56 Å². The highest BCUT2D eigenvalue weighted by molar-refractivity contribution is 7.97. The third-order valence-corrected chi connectivity index (χ3v) is 8.05. The fourth-order valence-electron chi connectivity index (χ4n) is 4.24. The number of anilines is 1. The number of hydrogen-bond donors (Lipinski definition) is 1. The predicted octanol–water partition coefficient (Wildman–Crippen LogP) is 3.99. The van der Waals surface area contributed by atoms with Crippen molar-refractivity contribution in [2.24, 2.45) is 0 Å². The van der Waals surface area contributed by atoms with Crippen molar-refractivity contribution in [1.29, 1.82) is 0 Å². The summed E-state index contributed by atoms with van der Waals surface area (Å²) in [7, 11) is 0.325. The molecule has 0 atom stereocenters. The zero-order valence-electron chi connectivity index (χ0n) is 21.7. The van der Waals surface area contributed by atoms with Crippen LogP contribution in [0.15, 0.2) is 71.6 Å². The molecule has 1 N–H and O–H groups in total. The Labute approximate surface area is 222 Å². The van der Waals surface area contributed by atoms with Crippen LogP contribution in [0.5, 0.6) is 23.0 Å². The molecule has 0 fully saturated rings. The SMILES string of the molecule is COc1cccc(OCCNC(=O)C2=C(C)c3cc(OC)c(OC)cc3N(Cc3ccccc3)S2(=O)=O)c1. The van der Waals surface area contributed by atoms with E-state index >= 15 is 0 Å². The van der Waals surface area contributed by atoms with Gasteiger partial charge in [0.1, 0.15) is 18.1 Å². The third-order valence-electron chi connectivity index (χ3n) is 6.14. The molecule has 0 aromatic heterocycles. The Kier molecular flexibility index (Phi) is 8.11. The summed E-state index contributed by atoms with van der Waals surface area (Å²) in [6.45, 7) is 1.89. The van der Waals surface area contributed by atoms with E-state index in [2.05, 4.69) is 5.32 Å². The molecular weight excluding hydrogens is 508 g/mol. The number of benzene rings is 3. The number of methoxy groups -OCH3 is 3. The molecule has 0 saturated heterocycles. The predicted molar refractivity (Wildman–Crippen MR) is 145 cm³/mol. The maximum Gasteiger partial charge on any atom is 0.270 e. The molecule has 0 radical (unpaired) electrons. The standard InChI is InChI=1S/C28H30N2O7S/c1-19-23-16-25(35-3)26(36-4)17-24(23)30(18-20-9-6-5-7-10-20)38(32,33)27(19)28(31)29-13-14-37-22-12-8-11-21(15-22)34-2/h5-12,15-17H,13-14,18H2,1-4H3,(H,29,31). The lowest BCUT2D eigenvalue weighted by atomic mass is 10.0. The largest absolute Gasteiger partial charge is 0.497 e. The van der Waals surface area contributed by atoms with Crippen LogP contribution in [0.3, 0.4) is 0 Å². The number of nitrogens with one attached hydrogen (secondary N) is 1.